The first kappa shape index (κ1) is 34.8. The Kier molecular flexibility index (Phi) is 8.06. The number of hydrogen-bond donors (Lipinski definition) is 0. The zero-order chi connectivity index (χ0) is 39.0. The van der Waals surface area contributed by atoms with E-state index in [2.05, 4.69) is 210 Å². The summed E-state index contributed by atoms with van der Waals surface area (Å²) < 4.78 is 0. The summed E-state index contributed by atoms with van der Waals surface area (Å²) in [4.78, 5) is 2.39. The molecular weight excluding hydrogens is 687 g/mol. The Morgan fingerprint density at radius 2 is 1.09 bits per heavy atom. The number of rotatable bonds is 7. The summed E-state index contributed by atoms with van der Waals surface area (Å²) in [5.41, 5.74) is 16.1. The van der Waals surface area contributed by atoms with Gasteiger partial charge in [0.05, 0.1) is 0 Å². The third-order valence-electron chi connectivity index (χ3n) is 12.6. The second kappa shape index (κ2) is 13.2. The minimum Gasteiger partial charge on any atom is -0.310 e. The van der Waals surface area contributed by atoms with Crippen LogP contribution in [0.4, 0.5) is 17.1 Å². The van der Waals surface area contributed by atoms with Gasteiger partial charge >= 0.3 is 0 Å². The van der Waals surface area contributed by atoms with Crippen LogP contribution in [0.15, 0.2) is 158 Å². The number of fused-ring (bicyclic) bond motifs is 2. The predicted molar refractivity (Wildman–Crippen MR) is 248 cm³/mol. The summed E-state index contributed by atoms with van der Waals surface area (Å²) in [6.45, 7) is 15.6. The smallest absolute Gasteiger partial charge is 0.0490 e. The molecule has 57 heavy (non-hydrogen) atoms. The zero-order valence-electron chi connectivity index (χ0n) is 33.3. The maximum absolute atomic E-state index is 4.25. The summed E-state index contributed by atoms with van der Waals surface area (Å²) in [5.74, 6) is 0. The molecule has 1 nitrogen and oxygen atoms in total. The Labute approximate surface area is 335 Å². The summed E-state index contributed by atoms with van der Waals surface area (Å²) in [5, 5.41) is 10.4. The predicted octanol–water partition coefficient (Wildman–Crippen LogP) is 15.8. The number of nitrogens with zero attached hydrogens (tertiary/aromatic N) is 1. The van der Waals surface area contributed by atoms with E-state index < -0.39 is 0 Å². The van der Waals surface area contributed by atoms with Gasteiger partial charge in [-0.2, -0.15) is 0 Å². The molecule has 0 unspecified atom stereocenters. The zero-order valence-corrected chi connectivity index (χ0v) is 33.3. The highest BCUT2D eigenvalue weighted by atomic mass is 15.1. The van der Waals surface area contributed by atoms with Crippen LogP contribution in [-0.2, 0) is 5.41 Å². The lowest BCUT2D eigenvalue weighted by atomic mass is 9.80. The van der Waals surface area contributed by atoms with E-state index >= 15 is 0 Å². The molecule has 0 amide bonds. The fourth-order valence-corrected chi connectivity index (χ4v) is 9.51. The summed E-state index contributed by atoms with van der Waals surface area (Å²) in [6, 6.07) is 56.2. The van der Waals surface area contributed by atoms with E-state index in [4.69, 9.17) is 0 Å². The minimum atomic E-state index is -0.147. The lowest BCUT2D eigenvalue weighted by Gasteiger charge is -2.28. The largest absolute Gasteiger partial charge is 0.310 e. The van der Waals surface area contributed by atoms with Crippen molar-refractivity contribution in [1.29, 1.82) is 0 Å². The van der Waals surface area contributed by atoms with E-state index in [1.54, 1.807) is 0 Å². The van der Waals surface area contributed by atoms with Crippen molar-refractivity contribution >= 4 is 78.4 Å². The molecule has 9 aromatic rings. The lowest BCUT2D eigenvalue weighted by Crippen LogP contribution is -2.15. The van der Waals surface area contributed by atoms with Crippen LogP contribution >= 0.6 is 0 Å². The molecule has 0 aliphatic heterocycles. The van der Waals surface area contributed by atoms with E-state index in [9.17, 15) is 0 Å². The molecule has 0 fully saturated rings. The van der Waals surface area contributed by atoms with Gasteiger partial charge in [0.1, 0.15) is 0 Å². The first-order chi connectivity index (χ1) is 27.7. The molecule has 0 aromatic heterocycles. The highest BCUT2D eigenvalue weighted by Crippen LogP contribution is 2.51. The van der Waals surface area contributed by atoms with Crippen LogP contribution < -0.4 is 4.90 Å². The molecule has 0 N–H and O–H groups in total. The molecule has 274 valence electrons. The Hall–Kier alpha value is -6.70. The molecule has 0 saturated heterocycles. The van der Waals surface area contributed by atoms with Crippen LogP contribution in [0.1, 0.15) is 58.4 Å². The summed E-state index contributed by atoms with van der Waals surface area (Å²) in [7, 11) is 0. The maximum atomic E-state index is 4.25. The molecule has 10 rings (SSSR count). The van der Waals surface area contributed by atoms with E-state index in [0.29, 0.717) is 0 Å². The van der Waals surface area contributed by atoms with E-state index in [1.807, 2.05) is 6.08 Å². The van der Waals surface area contributed by atoms with Crippen molar-refractivity contribution in [2.24, 2.45) is 0 Å². The SMILES string of the molecule is C=Cc1c(-c2cc3c4c(ccc5cc(C=Cc6ccc7cc(N(c8ccccc8C)c8ccccc8C)ccc7c6)cc(c54)C3(C)C)c2)cc2ccccc2c1C. The molecule has 0 spiro atoms. The summed E-state index contributed by atoms with van der Waals surface area (Å²) in [6.07, 6.45) is 6.58. The number of para-hydroxylation sites is 2. The molecule has 1 heteroatoms. The Morgan fingerprint density at radius 3 is 1.81 bits per heavy atom. The number of benzene rings is 9. The Balaban J connectivity index is 0.997. The van der Waals surface area contributed by atoms with Gasteiger partial charge < -0.3 is 4.90 Å². The van der Waals surface area contributed by atoms with Crippen LogP contribution in [0.2, 0.25) is 0 Å². The van der Waals surface area contributed by atoms with Gasteiger partial charge in [-0.15, -0.1) is 0 Å². The van der Waals surface area contributed by atoms with E-state index in [-0.39, 0.29) is 5.41 Å². The highest BCUT2D eigenvalue weighted by Gasteiger charge is 2.35. The number of anilines is 3. The lowest BCUT2D eigenvalue weighted by molar-refractivity contribution is 0.663. The molecule has 0 bridgehead atoms. The normalized spacial score (nSPS) is 13.1. The fourth-order valence-electron chi connectivity index (χ4n) is 9.51. The minimum absolute atomic E-state index is 0.147. The quantitative estimate of drug-likeness (QED) is 0.117. The first-order valence-electron chi connectivity index (χ1n) is 20.0. The van der Waals surface area contributed by atoms with Crippen molar-refractivity contribution in [2.75, 3.05) is 4.90 Å². The second-order valence-electron chi connectivity index (χ2n) is 16.4. The second-order valence-corrected chi connectivity index (χ2v) is 16.4. The fraction of sp³-hybridized carbons (Fsp3) is 0.107. The van der Waals surface area contributed by atoms with Crippen molar-refractivity contribution in [1.82, 2.24) is 0 Å². The van der Waals surface area contributed by atoms with Gasteiger partial charge in [0.2, 0.25) is 0 Å². The standard InChI is InChI=1S/C56H45N/c1-7-47-37(4)48-17-11-10-16-42(48)33-49(47)45-31-44-25-24-43-29-39(30-50-54(43)55(44)51(34-45)56(50,5)6)21-20-38-22-23-41-32-46(27-26-40(41)28-38)57(52-18-12-8-14-35(52)2)53-19-13-9-15-36(53)3/h7-34H,1H2,2-6H3. The van der Waals surface area contributed by atoms with Crippen LogP contribution in [0.5, 0.6) is 0 Å². The number of hydrogen-bond acceptors (Lipinski definition) is 1. The number of aryl methyl sites for hydroxylation is 3. The van der Waals surface area contributed by atoms with E-state index in [0.717, 1.165) is 5.69 Å². The molecule has 9 aromatic carbocycles. The van der Waals surface area contributed by atoms with Gasteiger partial charge in [0.25, 0.3) is 0 Å². The molecule has 0 radical (unpaired) electrons. The maximum Gasteiger partial charge on any atom is 0.0490 e. The van der Waals surface area contributed by atoms with Gasteiger partial charge in [-0.05, 0) is 174 Å². The molecule has 0 atom stereocenters. The van der Waals surface area contributed by atoms with Gasteiger partial charge in [0.15, 0.2) is 0 Å². The van der Waals surface area contributed by atoms with Gasteiger partial charge in [-0.1, -0.05) is 136 Å². The monoisotopic (exact) mass is 731 g/mol. The van der Waals surface area contributed by atoms with Crippen molar-refractivity contribution in [2.45, 2.75) is 40.0 Å². The topological polar surface area (TPSA) is 3.24 Å². The Bertz CT molecular complexity index is 3110. The molecular formula is C56H45N. The van der Waals surface area contributed by atoms with Gasteiger partial charge in [0, 0.05) is 22.5 Å². The summed E-state index contributed by atoms with van der Waals surface area (Å²) >= 11 is 0. The van der Waals surface area contributed by atoms with Crippen LogP contribution in [0.3, 0.4) is 0 Å². The highest BCUT2D eigenvalue weighted by molar-refractivity contribution is 6.16. The first-order valence-corrected chi connectivity index (χ1v) is 20.0. The molecule has 1 aliphatic carbocycles. The third kappa shape index (κ3) is 5.60. The van der Waals surface area contributed by atoms with Crippen LogP contribution in [-0.4, -0.2) is 0 Å². The average Bonchev–Trinajstić information content (AvgIpc) is 3.46. The van der Waals surface area contributed by atoms with Crippen molar-refractivity contribution < 1.29 is 0 Å². The van der Waals surface area contributed by atoms with Gasteiger partial charge in [-0.3, -0.25) is 0 Å². The molecule has 0 heterocycles. The van der Waals surface area contributed by atoms with Crippen LogP contribution in [0.25, 0.3) is 72.4 Å². The molecule has 1 aliphatic rings. The van der Waals surface area contributed by atoms with Crippen molar-refractivity contribution in [3.05, 3.63) is 203 Å². The van der Waals surface area contributed by atoms with Crippen molar-refractivity contribution in [3.63, 3.8) is 0 Å². The molecule has 0 saturated carbocycles. The van der Waals surface area contributed by atoms with Crippen molar-refractivity contribution in [3.8, 4) is 11.1 Å². The van der Waals surface area contributed by atoms with E-state index in [1.165, 1.54) is 110 Å². The third-order valence-corrected chi connectivity index (χ3v) is 12.6. The van der Waals surface area contributed by atoms with Crippen LogP contribution in [0, 0.1) is 20.8 Å². The average molecular weight is 732 g/mol. The van der Waals surface area contributed by atoms with Gasteiger partial charge in [-0.25, -0.2) is 0 Å². The Morgan fingerprint density at radius 1 is 0.509 bits per heavy atom.